The molecule has 1 saturated heterocycles. The van der Waals surface area contributed by atoms with E-state index in [-0.39, 0.29) is 6.23 Å². The molecule has 3 rings (SSSR count). The molecule has 0 spiro atoms. The number of aromatic nitrogens is 3. The van der Waals surface area contributed by atoms with Crippen LogP contribution in [0.1, 0.15) is 51.2 Å². The number of ether oxygens (including phenoxy) is 2. The number of alkyl halides is 1. The van der Waals surface area contributed by atoms with Gasteiger partial charge < -0.3 is 9.47 Å². The Morgan fingerprint density at radius 3 is 2.80 bits per heavy atom. The maximum Gasteiger partial charge on any atom is 0.150 e. The summed E-state index contributed by atoms with van der Waals surface area (Å²) in [5, 5.41) is 5.71. The maximum absolute atomic E-state index is 5.77. The molecule has 6 heteroatoms. The van der Waals surface area contributed by atoms with E-state index >= 15 is 0 Å². The van der Waals surface area contributed by atoms with E-state index in [1.807, 2.05) is 29.1 Å². The number of rotatable bonds is 9. The predicted molar refractivity (Wildman–Crippen MR) is 102 cm³/mol. The van der Waals surface area contributed by atoms with Crippen LogP contribution in [-0.4, -0.2) is 33.3 Å². The van der Waals surface area contributed by atoms with Gasteiger partial charge in [0.25, 0.3) is 0 Å². The van der Waals surface area contributed by atoms with Gasteiger partial charge in [0.15, 0.2) is 0 Å². The fraction of sp³-hybridized carbons (Fsp3) is 0.579. The Morgan fingerprint density at radius 1 is 1.12 bits per heavy atom. The number of unbranched alkanes of at least 4 members (excludes halogenated alkanes) is 3. The van der Waals surface area contributed by atoms with Gasteiger partial charge in [0.2, 0.25) is 0 Å². The van der Waals surface area contributed by atoms with E-state index in [9.17, 15) is 0 Å². The van der Waals surface area contributed by atoms with Crippen LogP contribution in [0.25, 0.3) is 11.4 Å². The van der Waals surface area contributed by atoms with Gasteiger partial charge >= 0.3 is 0 Å². The molecule has 0 aliphatic carbocycles. The van der Waals surface area contributed by atoms with Crippen molar-refractivity contribution in [1.29, 1.82) is 0 Å². The first kappa shape index (κ1) is 18.4. The Labute approximate surface area is 157 Å². The largest absolute Gasteiger partial charge is 0.492 e. The van der Waals surface area contributed by atoms with E-state index in [1.54, 1.807) is 6.20 Å². The van der Waals surface area contributed by atoms with E-state index in [2.05, 4.69) is 26.0 Å². The molecule has 1 aliphatic heterocycles. The van der Waals surface area contributed by atoms with Crippen LogP contribution in [0.15, 0.2) is 30.6 Å². The molecule has 1 unspecified atom stereocenters. The van der Waals surface area contributed by atoms with Crippen molar-refractivity contribution in [1.82, 2.24) is 14.8 Å². The van der Waals surface area contributed by atoms with Crippen LogP contribution in [-0.2, 0) is 4.74 Å². The Kier molecular flexibility index (Phi) is 7.30. The van der Waals surface area contributed by atoms with E-state index in [0.717, 1.165) is 54.9 Å². The fourth-order valence-corrected chi connectivity index (χ4v) is 3.32. The van der Waals surface area contributed by atoms with Gasteiger partial charge in [-0.1, -0.05) is 28.8 Å². The number of nitrogens with zero attached hydrogens (tertiary/aromatic N) is 3. The summed E-state index contributed by atoms with van der Waals surface area (Å²) >= 11 is 3.45. The summed E-state index contributed by atoms with van der Waals surface area (Å²) in [5.74, 6) is 0.819. The van der Waals surface area contributed by atoms with Crippen molar-refractivity contribution in [2.75, 3.05) is 18.5 Å². The van der Waals surface area contributed by atoms with E-state index < -0.39 is 0 Å². The highest BCUT2D eigenvalue weighted by Crippen LogP contribution is 2.24. The first-order valence-electron chi connectivity index (χ1n) is 9.19. The Morgan fingerprint density at radius 2 is 2.04 bits per heavy atom. The Balaban J connectivity index is 1.49. The summed E-state index contributed by atoms with van der Waals surface area (Å²) in [6, 6.07) is 5.93. The van der Waals surface area contributed by atoms with Gasteiger partial charge in [-0.2, -0.15) is 5.10 Å². The minimum atomic E-state index is 0.0645. The van der Waals surface area contributed by atoms with Gasteiger partial charge in [-0.3, -0.25) is 4.98 Å². The highest BCUT2D eigenvalue weighted by molar-refractivity contribution is 9.09. The van der Waals surface area contributed by atoms with Crippen LogP contribution in [0.5, 0.6) is 5.75 Å². The number of hydrogen-bond acceptors (Lipinski definition) is 4. The van der Waals surface area contributed by atoms with Crippen molar-refractivity contribution in [2.45, 2.75) is 51.2 Å². The average Bonchev–Trinajstić information content (AvgIpc) is 3.16. The molecule has 0 saturated carbocycles. The zero-order valence-corrected chi connectivity index (χ0v) is 16.2. The van der Waals surface area contributed by atoms with Crippen LogP contribution in [0, 0.1) is 0 Å². The van der Waals surface area contributed by atoms with Gasteiger partial charge in [0.1, 0.15) is 17.7 Å². The quantitative estimate of drug-likeness (QED) is 0.434. The summed E-state index contributed by atoms with van der Waals surface area (Å²) in [7, 11) is 0. The van der Waals surface area contributed by atoms with Crippen LogP contribution in [0.4, 0.5) is 0 Å². The standard InChI is InChI=1S/C19H26BrN3O2/c20-11-4-1-2-5-13-24-16-8-9-17(21-15-16)18-10-12-23(22-18)19-7-3-6-14-25-19/h8-10,12,15,19H,1-7,11,13-14H2. The van der Waals surface area contributed by atoms with Crippen molar-refractivity contribution in [2.24, 2.45) is 0 Å². The maximum atomic E-state index is 5.77. The van der Waals surface area contributed by atoms with Crippen molar-refractivity contribution < 1.29 is 9.47 Å². The lowest BCUT2D eigenvalue weighted by Gasteiger charge is -2.22. The van der Waals surface area contributed by atoms with Crippen molar-refractivity contribution >= 4 is 15.9 Å². The number of halogens is 1. The Bertz CT molecular complexity index is 624. The van der Waals surface area contributed by atoms with Gasteiger partial charge in [-0.05, 0) is 50.3 Å². The Hall–Kier alpha value is -1.40. The third kappa shape index (κ3) is 5.54. The summed E-state index contributed by atoms with van der Waals surface area (Å²) < 4.78 is 13.4. The van der Waals surface area contributed by atoms with Crippen LogP contribution in [0.2, 0.25) is 0 Å². The molecule has 2 aromatic rings. The SMILES string of the molecule is BrCCCCCCOc1ccc(-c2ccn(C3CCCCO3)n2)nc1. The molecule has 2 aromatic heterocycles. The highest BCUT2D eigenvalue weighted by atomic mass is 79.9. The lowest BCUT2D eigenvalue weighted by atomic mass is 10.2. The molecule has 0 aromatic carbocycles. The van der Waals surface area contributed by atoms with E-state index in [0.29, 0.717) is 0 Å². The minimum absolute atomic E-state index is 0.0645. The van der Waals surface area contributed by atoms with Crippen LogP contribution >= 0.6 is 15.9 Å². The van der Waals surface area contributed by atoms with Gasteiger partial charge in [0.05, 0.1) is 18.5 Å². The molecule has 0 bridgehead atoms. The number of pyridine rings is 1. The van der Waals surface area contributed by atoms with Gasteiger partial charge in [-0.25, -0.2) is 4.68 Å². The molecule has 1 fully saturated rings. The van der Waals surface area contributed by atoms with Crippen molar-refractivity contribution in [3.05, 3.63) is 30.6 Å². The molecule has 0 radical (unpaired) electrons. The zero-order chi connectivity index (χ0) is 17.3. The molecule has 0 amide bonds. The second-order valence-electron chi connectivity index (χ2n) is 6.33. The average molecular weight is 408 g/mol. The molecule has 136 valence electrons. The second kappa shape index (κ2) is 9.92. The fourth-order valence-electron chi connectivity index (χ4n) is 2.92. The lowest BCUT2D eigenvalue weighted by Crippen LogP contribution is -2.18. The molecule has 5 nitrogen and oxygen atoms in total. The summed E-state index contributed by atoms with van der Waals surface area (Å²) in [6.07, 6.45) is 12.0. The monoisotopic (exact) mass is 407 g/mol. The normalized spacial score (nSPS) is 17.6. The smallest absolute Gasteiger partial charge is 0.150 e. The van der Waals surface area contributed by atoms with Crippen LogP contribution < -0.4 is 4.74 Å². The predicted octanol–water partition coefficient (Wildman–Crippen LogP) is 4.98. The summed E-state index contributed by atoms with van der Waals surface area (Å²) in [5.41, 5.74) is 1.73. The van der Waals surface area contributed by atoms with E-state index in [4.69, 9.17) is 9.47 Å². The number of hydrogen-bond donors (Lipinski definition) is 0. The van der Waals surface area contributed by atoms with Gasteiger partial charge in [-0.15, -0.1) is 0 Å². The van der Waals surface area contributed by atoms with Gasteiger partial charge in [0, 0.05) is 18.1 Å². The summed E-state index contributed by atoms with van der Waals surface area (Å²) in [6.45, 7) is 1.57. The molecular formula is C19H26BrN3O2. The van der Waals surface area contributed by atoms with Crippen molar-refractivity contribution in [3.63, 3.8) is 0 Å². The topological polar surface area (TPSA) is 49.2 Å². The molecule has 1 aliphatic rings. The molecule has 25 heavy (non-hydrogen) atoms. The second-order valence-corrected chi connectivity index (χ2v) is 7.13. The van der Waals surface area contributed by atoms with Crippen LogP contribution in [0.3, 0.4) is 0 Å². The minimum Gasteiger partial charge on any atom is -0.492 e. The first-order valence-corrected chi connectivity index (χ1v) is 10.3. The molecular weight excluding hydrogens is 382 g/mol. The first-order chi connectivity index (χ1) is 12.4. The third-order valence-corrected chi connectivity index (χ3v) is 4.92. The molecule has 3 heterocycles. The molecule has 1 atom stereocenters. The lowest BCUT2D eigenvalue weighted by molar-refractivity contribution is -0.0393. The van der Waals surface area contributed by atoms with Crippen molar-refractivity contribution in [3.8, 4) is 17.1 Å². The molecule has 0 N–H and O–H groups in total. The zero-order valence-electron chi connectivity index (χ0n) is 14.6. The third-order valence-electron chi connectivity index (χ3n) is 4.35. The highest BCUT2D eigenvalue weighted by Gasteiger charge is 2.17. The van der Waals surface area contributed by atoms with E-state index in [1.165, 1.54) is 25.7 Å². The summed E-state index contributed by atoms with van der Waals surface area (Å²) in [4.78, 5) is 4.49.